The minimum atomic E-state index is -1.18. The third-order valence-electron chi connectivity index (χ3n) is 13.2. The van der Waals surface area contributed by atoms with Crippen LogP contribution >= 0.6 is 0 Å². The first-order chi connectivity index (χ1) is 32.2. The van der Waals surface area contributed by atoms with Crippen molar-refractivity contribution in [1.29, 1.82) is 0 Å². The number of carbonyl (C=O) groups is 5. The molecule has 3 aromatic carbocycles. The van der Waals surface area contributed by atoms with Crippen molar-refractivity contribution in [3.05, 3.63) is 114 Å². The molecule has 0 unspecified atom stereocenters. The van der Waals surface area contributed by atoms with Crippen LogP contribution in [0.15, 0.2) is 91.8 Å². The van der Waals surface area contributed by atoms with Crippen molar-refractivity contribution in [1.82, 2.24) is 30.2 Å². The largest absolute Gasteiger partial charge is 0.508 e. The maximum atomic E-state index is 14.7. The lowest BCUT2D eigenvalue weighted by atomic mass is 9.84. The van der Waals surface area contributed by atoms with Crippen LogP contribution in [0.5, 0.6) is 5.75 Å². The van der Waals surface area contributed by atoms with Crippen LogP contribution < -0.4 is 15.6 Å². The molecule has 15 nitrogen and oxygen atoms in total. The topological polar surface area (TPSA) is 176 Å². The first-order valence-corrected chi connectivity index (χ1v) is 22.9. The van der Waals surface area contributed by atoms with E-state index in [-0.39, 0.29) is 49.2 Å². The fourth-order valence-electron chi connectivity index (χ4n) is 9.81. The van der Waals surface area contributed by atoms with Crippen molar-refractivity contribution in [3.8, 4) is 28.1 Å². The Hall–Kier alpha value is -6.84. The van der Waals surface area contributed by atoms with Crippen LogP contribution in [0, 0.1) is 11.3 Å². The molecule has 5 heterocycles. The number of aromatic nitrogens is 2. The fourth-order valence-corrected chi connectivity index (χ4v) is 9.81. The number of nitrogens with one attached hydrogen (secondary N) is 2. The van der Waals surface area contributed by atoms with Crippen LogP contribution in [0.4, 0.5) is 5.69 Å². The summed E-state index contributed by atoms with van der Waals surface area (Å²) >= 11 is 0. The molecule has 67 heavy (non-hydrogen) atoms. The molecule has 8 rings (SSSR count). The molecule has 5 aromatic rings. The second kappa shape index (κ2) is 19.6. The summed E-state index contributed by atoms with van der Waals surface area (Å²) < 4.78 is 14.0. The average Bonchev–Trinajstić information content (AvgIpc) is 3.95. The number of aryl methyl sites for hydroxylation is 1. The van der Waals surface area contributed by atoms with E-state index < -0.39 is 41.2 Å². The number of hydrogen-bond acceptors (Lipinski definition) is 10. The molecule has 0 aliphatic carbocycles. The SMILES string of the molecule is C=CC(=O)N1CC[C@H](C(=O)N(C)c2ccccc2C(=O)N[C@H]2Cc3cc(O)cc(c3)-c3ccc4c(c3)c(c(-c3cnccc3COC)n4CC)CC(C)(C)COC(=O)[C@@H]3CCCN(N3)C2=O)C1. The number of benzene rings is 3. The molecule has 3 atom stereocenters. The quantitative estimate of drug-likeness (QED) is 0.114. The molecule has 2 fully saturated rings. The van der Waals surface area contributed by atoms with Crippen molar-refractivity contribution >= 4 is 46.2 Å². The smallest absolute Gasteiger partial charge is 0.324 e. The van der Waals surface area contributed by atoms with Gasteiger partial charge in [-0.15, -0.1) is 0 Å². The lowest BCUT2D eigenvalue weighted by Crippen LogP contribution is -2.60. The molecule has 0 spiro atoms. The predicted octanol–water partition coefficient (Wildman–Crippen LogP) is 6.20. The maximum Gasteiger partial charge on any atom is 0.324 e. The van der Waals surface area contributed by atoms with Gasteiger partial charge in [0.05, 0.1) is 36.1 Å². The van der Waals surface area contributed by atoms with E-state index in [2.05, 4.69) is 59.8 Å². The molecule has 3 aliphatic rings. The second-order valence-corrected chi connectivity index (χ2v) is 18.5. The van der Waals surface area contributed by atoms with E-state index in [0.717, 1.165) is 38.9 Å². The van der Waals surface area contributed by atoms with Crippen LogP contribution in [0.1, 0.15) is 67.1 Å². The van der Waals surface area contributed by atoms with Crippen molar-refractivity contribution in [2.75, 3.05) is 45.3 Å². The highest BCUT2D eigenvalue weighted by atomic mass is 16.5. The van der Waals surface area contributed by atoms with Gasteiger partial charge in [0.1, 0.15) is 17.8 Å². The van der Waals surface area contributed by atoms with E-state index in [1.165, 1.54) is 16.0 Å². The number of para-hydroxylation sites is 1. The molecule has 2 aromatic heterocycles. The standard InChI is InChI=1S/C52H59N7O8/c1-7-46(61)57-21-18-34(29-57)49(63)56(5)44-14-10-9-12-38(44)48(62)54-43-24-32-22-36(25-37(60)23-32)33-15-16-45-39(26-33)40(47(58(45)8-2)41-28-53-19-17-35(41)30-66-6)27-52(3,4)31-67-51(65)42-13-11-20-59(55-42)50(43)64/h7,9-10,12,14-17,19,22-23,25-26,28,34,42-43,55,60H,1,8,11,13,18,20-21,24,27,29-31H2,2-6H3,(H,54,62)/t34-,42-,43-/m0/s1. The third-order valence-corrected chi connectivity index (χ3v) is 13.2. The van der Waals surface area contributed by atoms with Crippen LogP contribution in [0.25, 0.3) is 33.3 Å². The van der Waals surface area contributed by atoms with Gasteiger partial charge in [-0.3, -0.25) is 34.0 Å². The number of ether oxygens (including phenoxy) is 2. The fraction of sp³-hybridized carbons (Fsp3) is 0.385. The summed E-state index contributed by atoms with van der Waals surface area (Å²) in [5, 5.41) is 16.7. The summed E-state index contributed by atoms with van der Waals surface area (Å²) in [6, 6.07) is 18.0. The first kappa shape index (κ1) is 46.7. The van der Waals surface area contributed by atoms with E-state index in [1.54, 1.807) is 61.7 Å². The van der Waals surface area contributed by atoms with Gasteiger partial charge in [-0.05, 0) is 109 Å². The molecule has 15 heteroatoms. The van der Waals surface area contributed by atoms with Crippen molar-refractivity contribution in [2.45, 2.75) is 78.1 Å². The normalized spacial score (nSPS) is 19.7. The highest BCUT2D eigenvalue weighted by Crippen LogP contribution is 2.41. The minimum Gasteiger partial charge on any atom is -0.508 e. The van der Waals surface area contributed by atoms with Crippen LogP contribution in [0.3, 0.4) is 0 Å². The number of esters is 1. The Bertz CT molecular complexity index is 2750. The molecular formula is C52H59N7O8. The number of carbonyl (C=O) groups excluding carboxylic acids is 5. The first-order valence-electron chi connectivity index (χ1n) is 22.9. The highest BCUT2D eigenvalue weighted by molar-refractivity contribution is 6.06. The number of pyridine rings is 1. The van der Waals surface area contributed by atoms with Gasteiger partial charge in [0.2, 0.25) is 11.8 Å². The van der Waals surface area contributed by atoms with Gasteiger partial charge in [-0.25, -0.2) is 5.43 Å². The Balaban J connectivity index is 1.19. The molecule has 3 aliphatic heterocycles. The Morgan fingerprint density at radius 3 is 2.64 bits per heavy atom. The third kappa shape index (κ3) is 9.70. The van der Waals surface area contributed by atoms with Gasteiger partial charge >= 0.3 is 5.97 Å². The predicted molar refractivity (Wildman–Crippen MR) is 255 cm³/mol. The molecule has 350 valence electrons. The Labute approximate surface area is 390 Å². The van der Waals surface area contributed by atoms with E-state index in [9.17, 15) is 29.1 Å². The Morgan fingerprint density at radius 1 is 1.06 bits per heavy atom. The lowest BCUT2D eigenvalue weighted by Gasteiger charge is -2.35. The zero-order valence-electron chi connectivity index (χ0n) is 38.8. The molecule has 6 bridgehead atoms. The second-order valence-electron chi connectivity index (χ2n) is 18.5. The molecule has 4 amide bonds. The van der Waals surface area contributed by atoms with Crippen molar-refractivity contribution in [3.63, 3.8) is 0 Å². The van der Waals surface area contributed by atoms with Gasteiger partial charge in [0, 0.05) is 81.0 Å². The number of anilines is 1. The maximum absolute atomic E-state index is 14.7. The summed E-state index contributed by atoms with van der Waals surface area (Å²) in [4.78, 5) is 76.8. The number of rotatable bonds is 9. The van der Waals surface area contributed by atoms with Gasteiger partial charge in [0.15, 0.2) is 0 Å². The molecule has 0 radical (unpaired) electrons. The van der Waals surface area contributed by atoms with Gasteiger partial charge < -0.3 is 34.3 Å². The summed E-state index contributed by atoms with van der Waals surface area (Å²) in [5.74, 6) is -2.56. The number of likely N-dealkylation sites (tertiary alicyclic amines) is 1. The van der Waals surface area contributed by atoms with E-state index in [4.69, 9.17) is 9.47 Å². The highest BCUT2D eigenvalue weighted by Gasteiger charge is 2.37. The average molecular weight is 910 g/mol. The van der Waals surface area contributed by atoms with Gasteiger partial charge in [-0.2, -0.15) is 0 Å². The number of phenols is 1. The van der Waals surface area contributed by atoms with Crippen LogP contribution in [-0.4, -0.2) is 107 Å². The zero-order chi connectivity index (χ0) is 47.6. The Morgan fingerprint density at radius 2 is 1.87 bits per heavy atom. The number of aromatic hydroxyl groups is 1. The van der Waals surface area contributed by atoms with Crippen LogP contribution in [0.2, 0.25) is 0 Å². The zero-order valence-corrected chi connectivity index (χ0v) is 38.8. The van der Waals surface area contributed by atoms with Crippen molar-refractivity contribution in [2.24, 2.45) is 11.3 Å². The number of phenolic OH excluding ortho intramolecular Hbond substituents is 1. The van der Waals surface area contributed by atoms with Gasteiger partial charge in [0.25, 0.3) is 11.8 Å². The molecule has 3 N–H and O–H groups in total. The molecule has 0 saturated carbocycles. The number of fused-ring (bicyclic) bond motifs is 6. The minimum absolute atomic E-state index is 0.0167. The van der Waals surface area contributed by atoms with Crippen LogP contribution in [-0.2, 0) is 54.6 Å². The number of hydrazine groups is 1. The number of methoxy groups -OCH3 is 1. The summed E-state index contributed by atoms with van der Waals surface area (Å²) in [5.41, 5.74) is 10.2. The summed E-state index contributed by atoms with van der Waals surface area (Å²) in [6.07, 6.45) is 6.79. The van der Waals surface area contributed by atoms with Crippen molar-refractivity contribution < 1.29 is 38.6 Å². The van der Waals surface area contributed by atoms with E-state index in [1.807, 2.05) is 24.4 Å². The van der Waals surface area contributed by atoms with Gasteiger partial charge in [-0.1, -0.05) is 44.7 Å². The number of nitrogens with zero attached hydrogens (tertiary/aromatic N) is 5. The van der Waals surface area contributed by atoms with E-state index >= 15 is 0 Å². The van der Waals surface area contributed by atoms with E-state index in [0.29, 0.717) is 62.2 Å². The monoisotopic (exact) mass is 909 g/mol. The molecular weight excluding hydrogens is 851 g/mol. The number of cyclic esters (lactones) is 1. The number of hydrogen-bond donors (Lipinski definition) is 3. The summed E-state index contributed by atoms with van der Waals surface area (Å²) in [6.45, 7) is 11.9. The number of amides is 4. The lowest BCUT2D eigenvalue weighted by molar-refractivity contribution is -0.155. The molecule has 2 saturated heterocycles. The Kier molecular flexibility index (Phi) is 13.6. The summed E-state index contributed by atoms with van der Waals surface area (Å²) in [7, 11) is 3.26.